The molecule has 7 heteroatoms. The van der Waals surface area contributed by atoms with Crippen molar-refractivity contribution >= 4 is 15.7 Å². The highest BCUT2D eigenvalue weighted by atomic mass is 32.2. The van der Waals surface area contributed by atoms with Crippen LogP contribution in [0.3, 0.4) is 0 Å². The molecule has 1 aromatic heterocycles. The van der Waals surface area contributed by atoms with E-state index < -0.39 is 9.84 Å². The van der Waals surface area contributed by atoms with Crippen molar-refractivity contribution in [2.45, 2.75) is 39.3 Å². The van der Waals surface area contributed by atoms with Crippen LogP contribution >= 0.6 is 0 Å². The first-order valence-corrected chi connectivity index (χ1v) is 11.0. The molecule has 1 amide bonds. The van der Waals surface area contributed by atoms with Gasteiger partial charge in [-0.1, -0.05) is 13.0 Å². The number of ether oxygens (including phenoxy) is 1. The van der Waals surface area contributed by atoms with Gasteiger partial charge in [0.15, 0.2) is 9.84 Å². The Hall–Kier alpha value is -2.28. The molecule has 0 spiro atoms. The largest absolute Gasteiger partial charge is 0.494 e. The second-order valence-corrected chi connectivity index (χ2v) is 9.11. The summed E-state index contributed by atoms with van der Waals surface area (Å²) in [6, 6.07) is 10.3. The Morgan fingerprint density at radius 1 is 1.30 bits per heavy atom. The molecule has 6 nitrogen and oxygen atoms in total. The number of aryl methyl sites for hydroxylation is 1. The fourth-order valence-electron chi connectivity index (χ4n) is 3.23. The minimum Gasteiger partial charge on any atom is -0.494 e. The van der Waals surface area contributed by atoms with Crippen LogP contribution in [0.25, 0.3) is 0 Å². The Bertz CT molecular complexity index is 903. The average Bonchev–Trinajstić information content (AvgIpc) is 3.22. The van der Waals surface area contributed by atoms with Crippen molar-refractivity contribution in [2.75, 3.05) is 18.1 Å². The highest BCUT2D eigenvalue weighted by Crippen LogP contribution is 2.24. The third-order valence-electron chi connectivity index (χ3n) is 4.59. The van der Waals surface area contributed by atoms with E-state index >= 15 is 0 Å². The molecule has 1 saturated heterocycles. The first kappa shape index (κ1) is 19.5. The van der Waals surface area contributed by atoms with Crippen molar-refractivity contribution in [3.05, 3.63) is 53.5 Å². The van der Waals surface area contributed by atoms with Crippen LogP contribution in [0.5, 0.6) is 5.75 Å². The van der Waals surface area contributed by atoms with E-state index in [9.17, 15) is 13.2 Å². The van der Waals surface area contributed by atoms with Crippen LogP contribution in [0, 0.1) is 6.92 Å². The van der Waals surface area contributed by atoms with E-state index in [0.29, 0.717) is 30.1 Å². The lowest BCUT2D eigenvalue weighted by molar-refractivity contribution is 0.0665. The van der Waals surface area contributed by atoms with Crippen LogP contribution in [0.15, 0.2) is 40.8 Å². The van der Waals surface area contributed by atoms with Gasteiger partial charge in [-0.25, -0.2) is 8.42 Å². The Kier molecular flexibility index (Phi) is 5.89. The van der Waals surface area contributed by atoms with Crippen LogP contribution in [-0.4, -0.2) is 43.4 Å². The molecular formula is C20H25NO5S. The van der Waals surface area contributed by atoms with Gasteiger partial charge in [0.2, 0.25) is 0 Å². The monoisotopic (exact) mass is 391 g/mol. The summed E-state index contributed by atoms with van der Waals surface area (Å²) in [5.41, 5.74) is 0.483. The van der Waals surface area contributed by atoms with Gasteiger partial charge in [-0.05, 0) is 50.1 Å². The summed E-state index contributed by atoms with van der Waals surface area (Å²) < 4.78 is 35.1. The molecule has 27 heavy (non-hydrogen) atoms. The van der Waals surface area contributed by atoms with Crippen molar-refractivity contribution in [3.63, 3.8) is 0 Å². The second kappa shape index (κ2) is 8.17. The van der Waals surface area contributed by atoms with Crippen molar-refractivity contribution in [1.29, 1.82) is 0 Å². The molecule has 1 fully saturated rings. The third kappa shape index (κ3) is 4.91. The van der Waals surface area contributed by atoms with E-state index in [2.05, 4.69) is 0 Å². The quantitative estimate of drug-likeness (QED) is 0.724. The Morgan fingerprint density at radius 3 is 2.74 bits per heavy atom. The molecule has 3 rings (SSSR count). The van der Waals surface area contributed by atoms with Gasteiger partial charge >= 0.3 is 0 Å². The summed E-state index contributed by atoms with van der Waals surface area (Å²) in [7, 11) is -3.11. The lowest BCUT2D eigenvalue weighted by atomic mass is 10.1. The highest BCUT2D eigenvalue weighted by Gasteiger charge is 2.35. The van der Waals surface area contributed by atoms with Gasteiger partial charge in [-0.3, -0.25) is 4.79 Å². The number of amides is 1. The SMILES string of the molecule is CCCOc1cccc(C(=O)N(Cc2ccc(C)o2)[C@@H]2CCS(=O)(=O)C2)c1. The summed E-state index contributed by atoms with van der Waals surface area (Å²) in [5, 5.41) is 0. The number of benzene rings is 1. The molecule has 0 radical (unpaired) electrons. The predicted molar refractivity (Wildman–Crippen MR) is 103 cm³/mol. The van der Waals surface area contributed by atoms with Crippen molar-refractivity contribution in [2.24, 2.45) is 0 Å². The Labute approximate surface area is 160 Å². The number of nitrogens with zero attached hydrogens (tertiary/aromatic N) is 1. The lowest BCUT2D eigenvalue weighted by Crippen LogP contribution is -2.40. The van der Waals surface area contributed by atoms with Crippen LogP contribution in [0.1, 0.15) is 41.6 Å². The molecule has 0 bridgehead atoms. The number of carbonyl (C=O) groups is 1. The number of furan rings is 1. The zero-order valence-electron chi connectivity index (χ0n) is 15.7. The maximum Gasteiger partial charge on any atom is 0.254 e. The number of carbonyl (C=O) groups excluding carboxylic acids is 1. The zero-order valence-corrected chi connectivity index (χ0v) is 16.5. The van der Waals surface area contributed by atoms with Gasteiger partial charge in [0.1, 0.15) is 17.3 Å². The van der Waals surface area contributed by atoms with Gasteiger partial charge in [0.25, 0.3) is 5.91 Å². The molecule has 1 aliphatic rings. The fourth-order valence-corrected chi connectivity index (χ4v) is 4.96. The maximum absolute atomic E-state index is 13.2. The molecule has 2 aromatic rings. The molecule has 1 aromatic carbocycles. The van der Waals surface area contributed by atoms with Crippen molar-refractivity contribution in [1.82, 2.24) is 4.90 Å². The molecule has 2 heterocycles. The summed E-state index contributed by atoms with van der Waals surface area (Å²) in [6.07, 6.45) is 1.32. The average molecular weight is 391 g/mol. The van der Waals surface area contributed by atoms with E-state index in [-0.39, 0.29) is 30.0 Å². The van der Waals surface area contributed by atoms with Gasteiger partial charge < -0.3 is 14.1 Å². The van der Waals surface area contributed by atoms with Crippen LogP contribution in [0.2, 0.25) is 0 Å². The maximum atomic E-state index is 13.2. The van der Waals surface area contributed by atoms with Crippen LogP contribution in [-0.2, 0) is 16.4 Å². The molecule has 0 aliphatic carbocycles. The van der Waals surface area contributed by atoms with Gasteiger partial charge in [-0.2, -0.15) is 0 Å². The standard InChI is InChI=1S/C20H25NO5S/c1-3-10-25-18-6-4-5-16(12-18)20(22)21(13-19-8-7-15(2)26-19)17-9-11-27(23,24)14-17/h4-8,12,17H,3,9-11,13-14H2,1-2H3/t17-/m1/s1. The summed E-state index contributed by atoms with van der Waals surface area (Å²) in [4.78, 5) is 14.8. The Morgan fingerprint density at radius 2 is 2.11 bits per heavy atom. The molecule has 146 valence electrons. The number of hydrogen-bond acceptors (Lipinski definition) is 5. The summed E-state index contributed by atoms with van der Waals surface area (Å²) >= 11 is 0. The minimum atomic E-state index is -3.11. The number of sulfone groups is 1. The predicted octanol–water partition coefficient (Wildman–Crippen LogP) is 3.21. The van der Waals surface area contributed by atoms with Crippen molar-refractivity contribution < 1.29 is 22.4 Å². The molecule has 0 N–H and O–H groups in total. The van der Waals surface area contributed by atoms with Gasteiger partial charge in [-0.15, -0.1) is 0 Å². The first-order chi connectivity index (χ1) is 12.9. The first-order valence-electron chi connectivity index (χ1n) is 9.17. The van der Waals surface area contributed by atoms with Gasteiger partial charge in [0, 0.05) is 11.6 Å². The molecule has 0 unspecified atom stereocenters. The van der Waals surface area contributed by atoms with Crippen LogP contribution < -0.4 is 4.74 Å². The van der Waals surface area contributed by atoms with E-state index in [4.69, 9.17) is 9.15 Å². The van der Waals surface area contributed by atoms with E-state index in [1.807, 2.05) is 32.0 Å². The molecule has 0 saturated carbocycles. The summed E-state index contributed by atoms with van der Waals surface area (Å²) in [5.74, 6) is 1.92. The van der Waals surface area contributed by atoms with E-state index in [1.54, 1.807) is 23.1 Å². The fraction of sp³-hybridized carbons (Fsp3) is 0.450. The number of rotatable bonds is 7. The van der Waals surface area contributed by atoms with Crippen LogP contribution in [0.4, 0.5) is 0 Å². The molecule has 1 aliphatic heterocycles. The molecular weight excluding hydrogens is 366 g/mol. The highest BCUT2D eigenvalue weighted by molar-refractivity contribution is 7.91. The zero-order chi connectivity index (χ0) is 19.4. The normalized spacial score (nSPS) is 18.4. The number of hydrogen-bond donors (Lipinski definition) is 0. The molecule has 1 atom stereocenters. The smallest absolute Gasteiger partial charge is 0.254 e. The van der Waals surface area contributed by atoms with E-state index in [1.165, 1.54) is 0 Å². The second-order valence-electron chi connectivity index (χ2n) is 6.88. The minimum absolute atomic E-state index is 0.00947. The van der Waals surface area contributed by atoms with Gasteiger partial charge in [0.05, 0.1) is 24.7 Å². The van der Waals surface area contributed by atoms with E-state index in [0.717, 1.165) is 12.2 Å². The Balaban J connectivity index is 1.86. The third-order valence-corrected chi connectivity index (χ3v) is 6.34. The van der Waals surface area contributed by atoms with Crippen molar-refractivity contribution in [3.8, 4) is 5.75 Å². The lowest BCUT2D eigenvalue weighted by Gasteiger charge is -2.27. The topological polar surface area (TPSA) is 76.8 Å². The summed E-state index contributed by atoms with van der Waals surface area (Å²) in [6.45, 7) is 4.67.